The zero-order valence-electron chi connectivity index (χ0n) is 15.5. The highest BCUT2D eigenvalue weighted by Gasteiger charge is 2.24. The number of hydrogen-bond donors (Lipinski definition) is 0. The number of aromatic nitrogens is 1. The summed E-state index contributed by atoms with van der Waals surface area (Å²) in [7, 11) is 1.56. The highest BCUT2D eigenvalue weighted by Crippen LogP contribution is 2.29. The van der Waals surface area contributed by atoms with Crippen LogP contribution in [0.5, 0.6) is 11.5 Å². The number of carbonyl (C=O) groups is 1. The average molecular weight is 366 g/mol. The van der Waals surface area contributed by atoms with Crippen molar-refractivity contribution < 1.29 is 14.3 Å². The number of hydrogen-bond acceptors (Lipinski definition) is 6. The summed E-state index contributed by atoms with van der Waals surface area (Å²) in [5, 5.41) is 9.24. The molecule has 0 aliphatic carbocycles. The Morgan fingerprint density at radius 2 is 2.00 bits per heavy atom. The van der Waals surface area contributed by atoms with Crippen molar-refractivity contribution in [1.29, 1.82) is 5.26 Å². The molecule has 27 heavy (non-hydrogen) atoms. The summed E-state index contributed by atoms with van der Waals surface area (Å²) in [4.78, 5) is 21.0. The highest BCUT2D eigenvalue weighted by molar-refractivity contribution is 5.95. The fourth-order valence-corrected chi connectivity index (χ4v) is 3.12. The lowest BCUT2D eigenvalue weighted by Crippen LogP contribution is -2.49. The maximum absolute atomic E-state index is 12.8. The van der Waals surface area contributed by atoms with E-state index in [9.17, 15) is 10.1 Å². The van der Waals surface area contributed by atoms with Gasteiger partial charge in [0, 0.05) is 37.9 Å². The minimum atomic E-state index is -0.0440. The van der Waals surface area contributed by atoms with Crippen LogP contribution in [0, 0.1) is 11.3 Å². The second-order valence-electron chi connectivity index (χ2n) is 6.06. The molecule has 0 N–H and O–H groups in total. The van der Waals surface area contributed by atoms with E-state index in [1.807, 2.05) is 11.8 Å². The van der Waals surface area contributed by atoms with Gasteiger partial charge in [0.2, 0.25) is 0 Å². The number of benzene rings is 1. The van der Waals surface area contributed by atoms with Crippen LogP contribution in [-0.2, 0) is 0 Å². The molecule has 1 aromatic carbocycles. The normalized spacial score (nSPS) is 13.8. The Bertz CT molecular complexity index is 855. The first-order valence-corrected chi connectivity index (χ1v) is 8.88. The van der Waals surface area contributed by atoms with Crippen molar-refractivity contribution in [3.63, 3.8) is 0 Å². The zero-order chi connectivity index (χ0) is 19.2. The van der Waals surface area contributed by atoms with E-state index in [0.717, 1.165) is 0 Å². The molecule has 1 saturated heterocycles. The maximum Gasteiger partial charge on any atom is 0.254 e. The number of amides is 1. The van der Waals surface area contributed by atoms with E-state index in [2.05, 4.69) is 11.1 Å². The molecule has 0 saturated carbocycles. The summed E-state index contributed by atoms with van der Waals surface area (Å²) in [6.45, 7) is 4.82. The van der Waals surface area contributed by atoms with Gasteiger partial charge in [0.25, 0.3) is 5.91 Å². The van der Waals surface area contributed by atoms with Gasteiger partial charge in [-0.05, 0) is 37.3 Å². The molecule has 1 aliphatic heterocycles. The van der Waals surface area contributed by atoms with Gasteiger partial charge in [0.05, 0.1) is 19.3 Å². The Kier molecular flexibility index (Phi) is 5.77. The van der Waals surface area contributed by atoms with Crippen LogP contribution in [-0.4, -0.2) is 55.7 Å². The number of nitriles is 1. The number of pyridine rings is 1. The van der Waals surface area contributed by atoms with Gasteiger partial charge in [0.1, 0.15) is 11.9 Å². The van der Waals surface area contributed by atoms with Crippen LogP contribution < -0.4 is 14.4 Å². The van der Waals surface area contributed by atoms with E-state index in [0.29, 0.717) is 61.2 Å². The van der Waals surface area contributed by atoms with Crippen LogP contribution in [0.25, 0.3) is 0 Å². The predicted molar refractivity (Wildman–Crippen MR) is 101 cm³/mol. The Balaban J connectivity index is 1.69. The molecule has 0 spiro atoms. The zero-order valence-corrected chi connectivity index (χ0v) is 15.5. The van der Waals surface area contributed by atoms with E-state index in [-0.39, 0.29) is 5.91 Å². The fraction of sp³-hybridized carbons (Fsp3) is 0.350. The van der Waals surface area contributed by atoms with E-state index in [4.69, 9.17) is 9.47 Å². The summed E-state index contributed by atoms with van der Waals surface area (Å²) < 4.78 is 10.8. The smallest absolute Gasteiger partial charge is 0.254 e. The van der Waals surface area contributed by atoms with Crippen LogP contribution in [0.1, 0.15) is 22.8 Å². The lowest BCUT2D eigenvalue weighted by atomic mass is 10.1. The molecule has 1 amide bonds. The lowest BCUT2D eigenvalue weighted by molar-refractivity contribution is 0.0746. The summed E-state index contributed by atoms with van der Waals surface area (Å²) >= 11 is 0. The molecule has 7 nitrogen and oxygen atoms in total. The first kappa shape index (κ1) is 18.5. The number of rotatable bonds is 5. The lowest BCUT2D eigenvalue weighted by Gasteiger charge is -2.35. The number of methoxy groups -OCH3 is 1. The third-order valence-electron chi connectivity index (χ3n) is 4.48. The van der Waals surface area contributed by atoms with Gasteiger partial charge in [-0.15, -0.1) is 0 Å². The molecule has 2 aromatic rings. The van der Waals surface area contributed by atoms with Gasteiger partial charge in [-0.2, -0.15) is 5.26 Å². The van der Waals surface area contributed by atoms with E-state index in [1.54, 1.807) is 48.5 Å². The summed E-state index contributed by atoms with van der Waals surface area (Å²) in [5.74, 6) is 1.81. The number of carbonyl (C=O) groups excluding carboxylic acids is 1. The van der Waals surface area contributed by atoms with Crippen LogP contribution in [0.3, 0.4) is 0 Å². The second kappa shape index (κ2) is 8.41. The van der Waals surface area contributed by atoms with Crippen molar-refractivity contribution in [3.05, 3.63) is 47.7 Å². The summed E-state index contributed by atoms with van der Waals surface area (Å²) in [6.07, 6.45) is 1.68. The van der Waals surface area contributed by atoms with E-state index in [1.165, 1.54) is 0 Å². The quantitative estimate of drug-likeness (QED) is 0.808. The molecule has 1 aromatic heterocycles. The molecular formula is C20H22N4O3. The SMILES string of the molecule is CCOc1ccc(C(=O)N2CCN(c3ncccc3C#N)CC2)cc1OC. The van der Waals surface area contributed by atoms with Crippen LogP contribution in [0.4, 0.5) is 5.82 Å². The predicted octanol–water partition coefficient (Wildman–Crippen LogP) is 2.32. The first-order chi connectivity index (χ1) is 13.2. The minimum Gasteiger partial charge on any atom is -0.493 e. The molecule has 7 heteroatoms. The van der Waals surface area contributed by atoms with Crippen molar-refractivity contribution in [2.24, 2.45) is 0 Å². The topological polar surface area (TPSA) is 78.7 Å². The van der Waals surface area contributed by atoms with E-state index < -0.39 is 0 Å². The standard InChI is InChI=1S/C20H22N4O3/c1-3-27-17-7-6-15(13-18(17)26-2)20(25)24-11-9-23(10-12-24)19-16(14-21)5-4-8-22-19/h4-8,13H,3,9-12H2,1-2H3. The van der Waals surface area contributed by atoms with Crippen molar-refractivity contribution in [2.75, 3.05) is 44.8 Å². The maximum atomic E-state index is 12.8. The number of nitrogens with zero attached hydrogens (tertiary/aromatic N) is 4. The number of anilines is 1. The van der Waals surface area contributed by atoms with Gasteiger partial charge in [-0.25, -0.2) is 4.98 Å². The van der Waals surface area contributed by atoms with Crippen LogP contribution >= 0.6 is 0 Å². The Labute approximate surface area is 158 Å². The Morgan fingerprint density at radius 1 is 1.22 bits per heavy atom. The number of piperazine rings is 1. The van der Waals surface area contributed by atoms with Crippen LogP contribution in [0.2, 0.25) is 0 Å². The van der Waals surface area contributed by atoms with Gasteiger partial charge in [0.15, 0.2) is 11.5 Å². The average Bonchev–Trinajstić information content (AvgIpc) is 2.73. The third kappa shape index (κ3) is 3.95. The number of ether oxygens (including phenoxy) is 2. The summed E-state index contributed by atoms with van der Waals surface area (Å²) in [5.41, 5.74) is 1.12. The molecule has 0 bridgehead atoms. The van der Waals surface area contributed by atoms with Crippen LogP contribution in [0.15, 0.2) is 36.5 Å². The van der Waals surface area contributed by atoms with Crippen molar-refractivity contribution in [3.8, 4) is 17.6 Å². The molecule has 2 heterocycles. The van der Waals surface area contributed by atoms with Gasteiger partial charge in [-0.3, -0.25) is 4.79 Å². The molecule has 1 aliphatic rings. The van der Waals surface area contributed by atoms with Crippen molar-refractivity contribution in [2.45, 2.75) is 6.92 Å². The van der Waals surface area contributed by atoms with Gasteiger partial charge < -0.3 is 19.3 Å². The van der Waals surface area contributed by atoms with Gasteiger partial charge >= 0.3 is 0 Å². The molecule has 0 unspecified atom stereocenters. The Hall–Kier alpha value is -3.27. The molecule has 3 rings (SSSR count). The third-order valence-corrected chi connectivity index (χ3v) is 4.48. The molecule has 1 fully saturated rings. The van der Waals surface area contributed by atoms with Crippen molar-refractivity contribution >= 4 is 11.7 Å². The molecular weight excluding hydrogens is 344 g/mol. The summed E-state index contributed by atoms with van der Waals surface area (Å²) in [6, 6.07) is 10.9. The first-order valence-electron chi connectivity index (χ1n) is 8.88. The Morgan fingerprint density at radius 3 is 2.67 bits per heavy atom. The largest absolute Gasteiger partial charge is 0.493 e. The minimum absolute atomic E-state index is 0.0440. The highest BCUT2D eigenvalue weighted by atomic mass is 16.5. The molecule has 0 atom stereocenters. The monoisotopic (exact) mass is 366 g/mol. The van der Waals surface area contributed by atoms with E-state index >= 15 is 0 Å². The molecule has 0 radical (unpaired) electrons. The fourth-order valence-electron chi connectivity index (χ4n) is 3.12. The van der Waals surface area contributed by atoms with Gasteiger partial charge in [-0.1, -0.05) is 0 Å². The molecule has 140 valence electrons. The van der Waals surface area contributed by atoms with Crippen molar-refractivity contribution in [1.82, 2.24) is 9.88 Å². The second-order valence-corrected chi connectivity index (χ2v) is 6.06.